The zero-order valence-corrected chi connectivity index (χ0v) is 10.8. The Hall–Kier alpha value is -2.63. The maximum absolute atomic E-state index is 13.5. The predicted molar refractivity (Wildman–Crippen MR) is 71.0 cm³/mol. The molecule has 0 atom stereocenters. The lowest BCUT2D eigenvalue weighted by Crippen LogP contribution is -2.01. The number of halogens is 2. The van der Waals surface area contributed by atoms with Crippen LogP contribution in [0.1, 0.15) is 11.1 Å². The van der Waals surface area contributed by atoms with Crippen molar-refractivity contribution in [2.24, 2.45) is 5.16 Å². The van der Waals surface area contributed by atoms with E-state index in [-0.39, 0.29) is 18.8 Å². The first-order valence-corrected chi connectivity index (χ1v) is 6.22. The van der Waals surface area contributed by atoms with E-state index in [1.165, 1.54) is 12.1 Å². The molecule has 1 aliphatic rings. The van der Waals surface area contributed by atoms with Crippen LogP contribution in [0.25, 0.3) is 0 Å². The standard InChI is InChI=1S/C15H11F2NO3/c16-10-2-1-9(13(17)5-10)7-20-11-3-4-12-14(18-19)8-21-15(12)6-11/h1-6,19H,7-8H2/b18-14+. The van der Waals surface area contributed by atoms with Gasteiger partial charge in [0.05, 0.1) is 0 Å². The van der Waals surface area contributed by atoms with Gasteiger partial charge in [-0.05, 0) is 24.3 Å². The topological polar surface area (TPSA) is 51.1 Å². The number of rotatable bonds is 3. The van der Waals surface area contributed by atoms with Crippen molar-refractivity contribution in [1.82, 2.24) is 0 Å². The fourth-order valence-electron chi connectivity index (χ4n) is 2.06. The summed E-state index contributed by atoms with van der Waals surface area (Å²) in [7, 11) is 0. The van der Waals surface area contributed by atoms with E-state index in [4.69, 9.17) is 14.7 Å². The first-order valence-electron chi connectivity index (χ1n) is 6.22. The van der Waals surface area contributed by atoms with Crippen LogP contribution < -0.4 is 9.47 Å². The largest absolute Gasteiger partial charge is 0.489 e. The molecular formula is C15H11F2NO3. The smallest absolute Gasteiger partial charge is 0.134 e. The molecule has 21 heavy (non-hydrogen) atoms. The molecule has 0 unspecified atom stereocenters. The van der Waals surface area contributed by atoms with Crippen LogP contribution in [0.3, 0.4) is 0 Å². The Balaban J connectivity index is 1.75. The number of nitrogens with zero attached hydrogens (tertiary/aromatic N) is 1. The molecule has 6 heteroatoms. The quantitative estimate of drug-likeness (QED) is 0.698. The van der Waals surface area contributed by atoms with Crippen molar-refractivity contribution in [3.63, 3.8) is 0 Å². The van der Waals surface area contributed by atoms with Gasteiger partial charge in [0.1, 0.15) is 42.1 Å². The summed E-state index contributed by atoms with van der Waals surface area (Å²) >= 11 is 0. The van der Waals surface area contributed by atoms with Crippen LogP contribution >= 0.6 is 0 Å². The second-order valence-electron chi connectivity index (χ2n) is 4.52. The number of benzene rings is 2. The number of oxime groups is 1. The molecule has 2 aromatic carbocycles. The number of fused-ring (bicyclic) bond motifs is 1. The van der Waals surface area contributed by atoms with E-state index in [0.717, 1.165) is 6.07 Å². The van der Waals surface area contributed by atoms with Gasteiger partial charge in [-0.2, -0.15) is 0 Å². The second kappa shape index (κ2) is 5.40. The molecule has 0 bridgehead atoms. The van der Waals surface area contributed by atoms with Gasteiger partial charge in [-0.3, -0.25) is 0 Å². The van der Waals surface area contributed by atoms with Gasteiger partial charge in [-0.15, -0.1) is 0 Å². The predicted octanol–water partition coefficient (Wildman–Crippen LogP) is 3.11. The molecule has 0 fully saturated rings. The highest BCUT2D eigenvalue weighted by atomic mass is 19.1. The highest BCUT2D eigenvalue weighted by Crippen LogP contribution is 2.30. The van der Waals surface area contributed by atoms with Crippen LogP contribution in [-0.4, -0.2) is 17.5 Å². The number of hydrogen-bond donors (Lipinski definition) is 1. The summed E-state index contributed by atoms with van der Waals surface area (Å²) in [5.74, 6) is -0.253. The maximum Gasteiger partial charge on any atom is 0.134 e. The average molecular weight is 291 g/mol. The van der Waals surface area contributed by atoms with Gasteiger partial charge in [0.25, 0.3) is 0 Å². The van der Waals surface area contributed by atoms with Crippen LogP contribution in [0, 0.1) is 11.6 Å². The molecule has 0 aromatic heterocycles. The molecule has 0 aliphatic carbocycles. The molecule has 2 aromatic rings. The fraction of sp³-hybridized carbons (Fsp3) is 0.133. The van der Waals surface area contributed by atoms with Crippen molar-refractivity contribution in [2.45, 2.75) is 6.61 Å². The maximum atomic E-state index is 13.5. The molecule has 0 spiro atoms. The van der Waals surface area contributed by atoms with Crippen molar-refractivity contribution in [3.05, 3.63) is 59.2 Å². The SMILES string of the molecule is O/N=C1\COc2cc(OCc3ccc(F)cc3F)ccc21. The van der Waals surface area contributed by atoms with Crippen molar-refractivity contribution in [2.75, 3.05) is 6.61 Å². The van der Waals surface area contributed by atoms with Gasteiger partial charge in [0.15, 0.2) is 0 Å². The van der Waals surface area contributed by atoms with E-state index in [1.54, 1.807) is 18.2 Å². The Morgan fingerprint density at radius 3 is 2.81 bits per heavy atom. The molecule has 0 radical (unpaired) electrons. The number of hydrogen-bond acceptors (Lipinski definition) is 4. The van der Waals surface area contributed by atoms with Gasteiger partial charge < -0.3 is 14.7 Å². The Morgan fingerprint density at radius 1 is 1.19 bits per heavy atom. The summed E-state index contributed by atoms with van der Waals surface area (Å²) in [6.45, 7) is 0.174. The van der Waals surface area contributed by atoms with Gasteiger partial charge >= 0.3 is 0 Å². The zero-order valence-electron chi connectivity index (χ0n) is 10.8. The van der Waals surface area contributed by atoms with Crippen LogP contribution in [0.5, 0.6) is 11.5 Å². The highest BCUT2D eigenvalue weighted by Gasteiger charge is 2.20. The van der Waals surface area contributed by atoms with Crippen LogP contribution in [0.2, 0.25) is 0 Å². The minimum atomic E-state index is -0.651. The summed E-state index contributed by atoms with van der Waals surface area (Å²) in [6.07, 6.45) is 0. The van der Waals surface area contributed by atoms with E-state index in [1.807, 2.05) is 0 Å². The lowest BCUT2D eigenvalue weighted by Gasteiger charge is -2.08. The van der Waals surface area contributed by atoms with Gasteiger partial charge in [-0.1, -0.05) is 5.16 Å². The first-order chi connectivity index (χ1) is 10.2. The first kappa shape index (κ1) is 13.4. The van der Waals surface area contributed by atoms with E-state index in [9.17, 15) is 8.78 Å². The molecule has 1 heterocycles. The summed E-state index contributed by atoms with van der Waals surface area (Å²) in [5, 5.41) is 11.9. The highest BCUT2D eigenvalue weighted by molar-refractivity contribution is 6.05. The van der Waals surface area contributed by atoms with E-state index in [2.05, 4.69) is 5.16 Å². The Bertz CT molecular complexity index is 716. The summed E-state index contributed by atoms with van der Waals surface area (Å²) in [6, 6.07) is 8.33. The zero-order chi connectivity index (χ0) is 14.8. The third-order valence-electron chi connectivity index (χ3n) is 3.16. The van der Waals surface area contributed by atoms with Gasteiger partial charge in [0, 0.05) is 23.3 Å². The van der Waals surface area contributed by atoms with E-state index < -0.39 is 11.6 Å². The van der Waals surface area contributed by atoms with Crippen LogP contribution in [0.15, 0.2) is 41.6 Å². The summed E-state index contributed by atoms with van der Waals surface area (Å²) in [4.78, 5) is 0. The van der Waals surface area contributed by atoms with Crippen molar-refractivity contribution in [1.29, 1.82) is 0 Å². The molecule has 108 valence electrons. The van der Waals surface area contributed by atoms with Crippen molar-refractivity contribution < 1.29 is 23.5 Å². The molecule has 1 aliphatic heterocycles. The molecule has 0 saturated carbocycles. The van der Waals surface area contributed by atoms with Crippen LogP contribution in [-0.2, 0) is 6.61 Å². The Morgan fingerprint density at radius 2 is 2.05 bits per heavy atom. The Labute approximate surface area is 119 Å². The van der Waals surface area contributed by atoms with Crippen LogP contribution in [0.4, 0.5) is 8.78 Å². The van der Waals surface area contributed by atoms with Gasteiger partial charge in [0.2, 0.25) is 0 Å². The minimum absolute atomic E-state index is 0.0220. The molecular weight excluding hydrogens is 280 g/mol. The van der Waals surface area contributed by atoms with Gasteiger partial charge in [-0.25, -0.2) is 8.78 Å². The van der Waals surface area contributed by atoms with Crippen molar-refractivity contribution in [3.8, 4) is 11.5 Å². The summed E-state index contributed by atoms with van der Waals surface area (Å²) in [5.41, 5.74) is 1.40. The molecule has 3 rings (SSSR count). The molecule has 0 amide bonds. The van der Waals surface area contributed by atoms with E-state index >= 15 is 0 Å². The molecule has 0 saturated heterocycles. The molecule has 1 N–H and O–H groups in total. The average Bonchev–Trinajstić information content (AvgIpc) is 2.88. The Kier molecular flexibility index (Phi) is 3.43. The van der Waals surface area contributed by atoms with Crippen molar-refractivity contribution >= 4 is 5.71 Å². The molecule has 4 nitrogen and oxygen atoms in total. The lowest BCUT2D eigenvalue weighted by atomic mass is 10.1. The fourth-order valence-corrected chi connectivity index (χ4v) is 2.06. The third kappa shape index (κ3) is 2.65. The number of ether oxygens (including phenoxy) is 2. The third-order valence-corrected chi connectivity index (χ3v) is 3.16. The monoisotopic (exact) mass is 291 g/mol. The second-order valence-corrected chi connectivity index (χ2v) is 4.52. The summed E-state index contributed by atoms with van der Waals surface area (Å²) < 4.78 is 37.1. The minimum Gasteiger partial charge on any atom is -0.489 e. The van der Waals surface area contributed by atoms with E-state index in [0.29, 0.717) is 22.8 Å². The lowest BCUT2D eigenvalue weighted by molar-refractivity contribution is 0.296. The normalized spacial score (nSPS) is 14.9.